The van der Waals surface area contributed by atoms with Crippen LogP contribution < -0.4 is 20.3 Å². The first-order valence-corrected chi connectivity index (χ1v) is 10.7. The number of ether oxygens (including phenoxy) is 1. The van der Waals surface area contributed by atoms with Crippen LogP contribution in [0, 0.1) is 0 Å². The first kappa shape index (κ1) is 20.9. The van der Waals surface area contributed by atoms with Crippen LogP contribution in [0.2, 0.25) is 0 Å². The molecule has 4 rings (SSSR count). The first-order chi connectivity index (χ1) is 15.2. The Morgan fingerprint density at radius 1 is 1.16 bits per heavy atom. The first-order valence-electron chi connectivity index (χ1n) is 10.7. The van der Waals surface area contributed by atoms with E-state index in [1.165, 1.54) is 5.56 Å². The summed E-state index contributed by atoms with van der Waals surface area (Å²) in [6.45, 7) is 5.48. The van der Waals surface area contributed by atoms with Crippen molar-refractivity contribution < 1.29 is 9.53 Å². The molecule has 1 aliphatic rings. The van der Waals surface area contributed by atoms with Crippen molar-refractivity contribution in [2.24, 2.45) is 0 Å². The van der Waals surface area contributed by atoms with E-state index >= 15 is 0 Å². The van der Waals surface area contributed by atoms with Crippen molar-refractivity contribution in [2.75, 3.05) is 31.1 Å². The van der Waals surface area contributed by atoms with E-state index in [1.54, 1.807) is 12.3 Å². The van der Waals surface area contributed by atoms with E-state index in [-0.39, 0.29) is 11.9 Å². The molecule has 1 fully saturated rings. The third-order valence-corrected chi connectivity index (χ3v) is 5.42. The largest absolute Gasteiger partial charge is 0.494 e. The Morgan fingerprint density at radius 2 is 1.97 bits per heavy atom. The molecule has 6 nitrogen and oxygen atoms in total. The molecule has 1 atom stereocenters. The molecule has 0 radical (unpaired) electrons. The van der Waals surface area contributed by atoms with Crippen molar-refractivity contribution in [2.45, 2.75) is 19.5 Å². The predicted octanol–water partition coefficient (Wildman–Crippen LogP) is 3.56. The highest BCUT2D eigenvalue weighted by Gasteiger charge is 2.22. The second-order valence-corrected chi connectivity index (χ2v) is 7.49. The lowest BCUT2D eigenvalue weighted by atomic mass is 10.0. The summed E-state index contributed by atoms with van der Waals surface area (Å²) in [5, 5.41) is 6.57. The molecular formula is C25H28N4O2. The molecule has 0 saturated carbocycles. The minimum atomic E-state index is -0.121. The van der Waals surface area contributed by atoms with Gasteiger partial charge in [0.25, 0.3) is 5.91 Å². The van der Waals surface area contributed by atoms with Gasteiger partial charge in [0.05, 0.1) is 6.61 Å². The Morgan fingerprint density at radius 3 is 2.81 bits per heavy atom. The number of rotatable bonds is 7. The second kappa shape index (κ2) is 10.1. The van der Waals surface area contributed by atoms with Crippen LogP contribution in [0.1, 0.15) is 34.5 Å². The third-order valence-electron chi connectivity index (χ3n) is 5.42. The summed E-state index contributed by atoms with van der Waals surface area (Å²) in [6.07, 6.45) is 1.71. The van der Waals surface area contributed by atoms with Gasteiger partial charge in [0.1, 0.15) is 11.6 Å². The number of nitrogens with one attached hydrogen (secondary N) is 2. The van der Waals surface area contributed by atoms with Crippen molar-refractivity contribution in [3.05, 3.63) is 89.6 Å². The van der Waals surface area contributed by atoms with Gasteiger partial charge in [-0.15, -0.1) is 0 Å². The Bertz CT molecular complexity index is 1010. The van der Waals surface area contributed by atoms with Gasteiger partial charge in [0.2, 0.25) is 0 Å². The lowest BCUT2D eigenvalue weighted by Crippen LogP contribution is -2.46. The summed E-state index contributed by atoms with van der Waals surface area (Å²) in [5.74, 6) is 1.50. The molecule has 2 N–H and O–H groups in total. The zero-order valence-corrected chi connectivity index (χ0v) is 17.8. The van der Waals surface area contributed by atoms with Crippen LogP contribution in [0.25, 0.3) is 0 Å². The van der Waals surface area contributed by atoms with Crippen LogP contribution in [0.5, 0.6) is 5.75 Å². The number of anilines is 1. The monoisotopic (exact) mass is 416 g/mol. The highest BCUT2D eigenvalue weighted by atomic mass is 16.5. The fourth-order valence-corrected chi connectivity index (χ4v) is 3.82. The van der Waals surface area contributed by atoms with Crippen molar-refractivity contribution in [3.63, 3.8) is 0 Å². The van der Waals surface area contributed by atoms with Gasteiger partial charge >= 0.3 is 0 Å². The van der Waals surface area contributed by atoms with E-state index in [0.717, 1.165) is 36.8 Å². The Hall–Kier alpha value is -3.38. The van der Waals surface area contributed by atoms with E-state index in [1.807, 2.05) is 43.3 Å². The number of aromatic nitrogens is 1. The van der Waals surface area contributed by atoms with Crippen LogP contribution in [0.15, 0.2) is 72.9 Å². The molecule has 1 aromatic heterocycles. The molecule has 0 bridgehead atoms. The van der Waals surface area contributed by atoms with Crippen LogP contribution in [0.3, 0.4) is 0 Å². The molecule has 0 unspecified atom stereocenters. The topological polar surface area (TPSA) is 66.5 Å². The molecule has 2 heterocycles. The van der Waals surface area contributed by atoms with Gasteiger partial charge in [-0.1, -0.05) is 48.5 Å². The summed E-state index contributed by atoms with van der Waals surface area (Å²) >= 11 is 0. The number of nitrogens with zero attached hydrogens (tertiary/aromatic N) is 2. The molecular weight excluding hydrogens is 388 g/mol. The van der Waals surface area contributed by atoms with E-state index < -0.39 is 0 Å². The van der Waals surface area contributed by atoms with Crippen molar-refractivity contribution >= 4 is 11.7 Å². The molecule has 1 saturated heterocycles. The molecule has 1 amide bonds. The van der Waals surface area contributed by atoms with Gasteiger partial charge in [0.15, 0.2) is 0 Å². The lowest BCUT2D eigenvalue weighted by molar-refractivity contribution is 0.0950. The third kappa shape index (κ3) is 5.22. The van der Waals surface area contributed by atoms with Gasteiger partial charge in [-0.25, -0.2) is 4.98 Å². The van der Waals surface area contributed by atoms with E-state index in [0.29, 0.717) is 18.7 Å². The number of hydrogen-bond donors (Lipinski definition) is 2. The molecule has 2 aromatic carbocycles. The second-order valence-electron chi connectivity index (χ2n) is 7.49. The van der Waals surface area contributed by atoms with Crippen molar-refractivity contribution in [3.8, 4) is 5.75 Å². The number of piperazine rings is 1. The normalized spacial score (nSPS) is 16.0. The minimum absolute atomic E-state index is 0.121. The van der Waals surface area contributed by atoms with Gasteiger partial charge < -0.3 is 20.3 Å². The lowest BCUT2D eigenvalue weighted by Gasteiger charge is -2.34. The molecule has 31 heavy (non-hydrogen) atoms. The summed E-state index contributed by atoms with van der Waals surface area (Å²) in [5.41, 5.74) is 2.82. The number of carbonyl (C=O) groups is 1. The van der Waals surface area contributed by atoms with Gasteiger partial charge in [-0.3, -0.25) is 4.79 Å². The molecule has 6 heteroatoms. The molecule has 1 aliphatic heterocycles. The number of amides is 1. The van der Waals surface area contributed by atoms with Gasteiger partial charge in [-0.05, 0) is 30.7 Å². The SMILES string of the molecule is CCOc1ccccc1CNC(=O)c1ccnc(N2CCN[C@H](c3ccccc3)C2)c1. The number of pyridine rings is 1. The van der Waals surface area contributed by atoms with Gasteiger partial charge in [0, 0.05) is 49.5 Å². The van der Waals surface area contributed by atoms with Crippen LogP contribution in [-0.2, 0) is 6.54 Å². The van der Waals surface area contributed by atoms with Crippen LogP contribution in [0.4, 0.5) is 5.82 Å². The Labute approximate surface area is 183 Å². The number of para-hydroxylation sites is 1. The standard InChI is InChI=1S/C25H28N4O2/c1-2-31-23-11-7-6-10-21(23)17-28-25(30)20-12-13-27-24(16-20)29-15-14-26-22(18-29)19-8-4-3-5-9-19/h3-13,16,22,26H,2,14-15,17-18H2,1H3,(H,28,30)/t22-/m0/s1. The van der Waals surface area contributed by atoms with Gasteiger partial charge in [-0.2, -0.15) is 0 Å². The molecule has 0 spiro atoms. The maximum atomic E-state index is 12.8. The zero-order chi connectivity index (χ0) is 21.5. The zero-order valence-electron chi connectivity index (χ0n) is 17.8. The number of benzene rings is 2. The molecule has 0 aliphatic carbocycles. The fourth-order valence-electron chi connectivity index (χ4n) is 3.82. The highest BCUT2D eigenvalue weighted by Crippen LogP contribution is 2.22. The molecule has 160 valence electrons. The summed E-state index contributed by atoms with van der Waals surface area (Å²) in [6, 6.07) is 22.1. The highest BCUT2D eigenvalue weighted by molar-refractivity contribution is 5.94. The fraction of sp³-hybridized carbons (Fsp3) is 0.280. The number of hydrogen-bond acceptors (Lipinski definition) is 5. The number of carbonyl (C=O) groups excluding carboxylic acids is 1. The Kier molecular flexibility index (Phi) is 6.79. The predicted molar refractivity (Wildman–Crippen MR) is 122 cm³/mol. The smallest absolute Gasteiger partial charge is 0.251 e. The summed E-state index contributed by atoms with van der Waals surface area (Å²) in [4.78, 5) is 19.6. The minimum Gasteiger partial charge on any atom is -0.494 e. The van der Waals surface area contributed by atoms with Crippen molar-refractivity contribution in [1.29, 1.82) is 0 Å². The van der Waals surface area contributed by atoms with E-state index in [9.17, 15) is 4.79 Å². The van der Waals surface area contributed by atoms with E-state index in [2.05, 4.69) is 44.8 Å². The van der Waals surface area contributed by atoms with Crippen LogP contribution >= 0.6 is 0 Å². The average Bonchev–Trinajstić information content (AvgIpc) is 2.84. The Balaban J connectivity index is 1.42. The maximum absolute atomic E-state index is 12.8. The van der Waals surface area contributed by atoms with E-state index in [4.69, 9.17) is 4.74 Å². The summed E-state index contributed by atoms with van der Waals surface area (Å²) < 4.78 is 5.65. The summed E-state index contributed by atoms with van der Waals surface area (Å²) in [7, 11) is 0. The molecule has 3 aromatic rings. The quantitative estimate of drug-likeness (QED) is 0.617. The maximum Gasteiger partial charge on any atom is 0.251 e. The van der Waals surface area contributed by atoms with Crippen molar-refractivity contribution in [1.82, 2.24) is 15.6 Å². The average molecular weight is 417 g/mol. The van der Waals surface area contributed by atoms with Crippen LogP contribution in [-0.4, -0.2) is 37.1 Å².